The van der Waals surface area contributed by atoms with E-state index in [4.69, 9.17) is 4.74 Å². The number of fused-ring (bicyclic) bond motifs is 14. The van der Waals surface area contributed by atoms with Crippen LogP contribution in [0.15, 0.2) is 72.0 Å². The van der Waals surface area contributed by atoms with Crippen molar-refractivity contribution < 1.29 is 9.84 Å². The van der Waals surface area contributed by atoms with E-state index in [1.165, 1.54) is 49.0 Å². The van der Waals surface area contributed by atoms with Crippen LogP contribution >= 0.6 is 0 Å². The van der Waals surface area contributed by atoms with Crippen LogP contribution in [0.4, 0.5) is 11.4 Å². The molecule has 2 aliphatic carbocycles. The molecule has 12 atom stereocenters. The highest BCUT2D eigenvalue weighted by Gasteiger charge is 2.78. The molecular weight excluding hydrogens is 532 g/mol. The number of benzene rings is 2. The second-order valence-corrected chi connectivity index (χ2v) is 15.6. The van der Waals surface area contributed by atoms with Gasteiger partial charge in [-0.1, -0.05) is 48.0 Å². The number of rotatable bonds is 0. The quantitative estimate of drug-likeness (QED) is 0.363. The fourth-order valence-electron chi connectivity index (χ4n) is 14.0. The molecule has 0 aromatic heterocycles. The number of anilines is 2. The fourth-order valence-corrected chi connectivity index (χ4v) is 14.0. The van der Waals surface area contributed by atoms with E-state index in [9.17, 15) is 5.11 Å². The average molecular weight is 573 g/mol. The van der Waals surface area contributed by atoms with Crippen molar-refractivity contribution in [2.45, 2.75) is 80.1 Å². The zero-order valence-electron chi connectivity index (χ0n) is 24.8. The Hall–Kier alpha value is -2.80. The van der Waals surface area contributed by atoms with Crippen molar-refractivity contribution >= 4 is 11.4 Å². The fraction of sp³-hybridized carbons (Fsp3) is 0.568. The van der Waals surface area contributed by atoms with Crippen LogP contribution in [0.25, 0.3) is 0 Å². The molecule has 2 aromatic carbocycles. The monoisotopic (exact) mass is 572 g/mol. The molecule has 6 nitrogen and oxygen atoms in total. The predicted octanol–water partition coefficient (Wildman–Crippen LogP) is 4.77. The molecule has 0 amide bonds. The highest BCUT2D eigenvalue weighted by atomic mass is 16.5. The van der Waals surface area contributed by atoms with Crippen LogP contribution in [0.1, 0.15) is 43.7 Å². The van der Waals surface area contributed by atoms with Gasteiger partial charge in [0, 0.05) is 59.2 Å². The maximum absolute atomic E-state index is 10.7. The summed E-state index contributed by atoms with van der Waals surface area (Å²) in [7, 11) is 0. The Labute approximate surface area is 253 Å². The van der Waals surface area contributed by atoms with E-state index in [0.717, 1.165) is 26.1 Å². The minimum atomic E-state index is 0.0363. The summed E-state index contributed by atoms with van der Waals surface area (Å²) in [4.78, 5) is 11.3. The molecule has 2 aromatic rings. The zero-order chi connectivity index (χ0) is 28.0. The van der Waals surface area contributed by atoms with E-state index in [2.05, 4.69) is 81.1 Å². The number of hydrogen-bond acceptors (Lipinski definition) is 6. The lowest BCUT2D eigenvalue weighted by molar-refractivity contribution is -0.198. The van der Waals surface area contributed by atoms with Crippen LogP contribution in [0.3, 0.4) is 0 Å². The SMILES string of the molecule is CC=C1CN2CCC34c5ccccc5N5C6OC(C(C1CC23)C54)N1c2ccccc2C23CCN4CC(=CO)C(CC42)C6C13. The highest BCUT2D eigenvalue weighted by Crippen LogP contribution is 2.72. The molecule has 1 N–H and O–H groups in total. The maximum Gasteiger partial charge on any atom is 0.138 e. The lowest BCUT2D eigenvalue weighted by Crippen LogP contribution is -2.81. The normalized spacial score (nSPS) is 50.6. The standard InChI is InChI=1S/C37H40N4O2/c1-2-20-17-38-13-11-36-24-7-3-5-9-26(24)40-32(36)30(22(20)15-28(36)38)34-41-27-10-6-4-8-25(27)37-12-14-39-18-21(19-42)23(16-29(37)39)31(33(37)41)35(40)43-34/h2-10,19,22-23,28-35,42H,11-18H2,1H3. The van der Waals surface area contributed by atoms with Gasteiger partial charge in [0.2, 0.25) is 0 Å². The topological polar surface area (TPSA) is 42.4 Å². The van der Waals surface area contributed by atoms with E-state index >= 15 is 0 Å². The van der Waals surface area contributed by atoms with E-state index in [-0.39, 0.29) is 23.3 Å². The van der Waals surface area contributed by atoms with Gasteiger partial charge in [-0.15, -0.1) is 0 Å². The number of para-hydroxylation sites is 2. The smallest absolute Gasteiger partial charge is 0.138 e. The van der Waals surface area contributed by atoms with Crippen molar-refractivity contribution in [1.82, 2.24) is 9.80 Å². The molecule has 2 spiro atoms. The second kappa shape index (κ2) is 7.35. The Bertz CT molecular complexity index is 1560. The molecule has 43 heavy (non-hydrogen) atoms. The van der Waals surface area contributed by atoms with Crippen LogP contribution in [0, 0.1) is 23.7 Å². The van der Waals surface area contributed by atoms with Crippen LogP contribution in [0.5, 0.6) is 0 Å². The number of piperidine rings is 2. The first-order chi connectivity index (χ1) is 21.2. The van der Waals surface area contributed by atoms with Gasteiger partial charge < -0.3 is 19.6 Å². The van der Waals surface area contributed by atoms with Crippen molar-refractivity contribution in [1.29, 1.82) is 0 Å². The third-order valence-corrected chi connectivity index (χ3v) is 15.1. The number of ether oxygens (including phenoxy) is 1. The zero-order valence-corrected chi connectivity index (χ0v) is 24.8. The van der Waals surface area contributed by atoms with Gasteiger partial charge in [0.25, 0.3) is 0 Å². The first-order valence-electron chi connectivity index (χ1n) is 17.1. The first-order valence-corrected chi connectivity index (χ1v) is 17.1. The lowest BCUT2D eigenvalue weighted by Gasteiger charge is -2.69. The van der Waals surface area contributed by atoms with Gasteiger partial charge in [-0.3, -0.25) is 9.80 Å². The molecule has 8 heterocycles. The van der Waals surface area contributed by atoms with E-state index in [0.29, 0.717) is 47.8 Å². The minimum absolute atomic E-state index is 0.0363. The predicted molar refractivity (Wildman–Crippen MR) is 165 cm³/mol. The second-order valence-electron chi connectivity index (χ2n) is 15.6. The van der Waals surface area contributed by atoms with Crippen LogP contribution < -0.4 is 9.80 Å². The van der Waals surface area contributed by atoms with Crippen molar-refractivity contribution in [3.05, 3.63) is 83.1 Å². The summed E-state index contributed by atoms with van der Waals surface area (Å²) in [5, 5.41) is 10.7. The highest BCUT2D eigenvalue weighted by molar-refractivity contribution is 5.73. The number of aliphatic hydroxyl groups excluding tert-OH is 1. The van der Waals surface area contributed by atoms with Gasteiger partial charge in [0.15, 0.2) is 0 Å². The number of hydrogen-bond donors (Lipinski definition) is 1. The molecule has 2 saturated carbocycles. The van der Waals surface area contributed by atoms with Crippen LogP contribution in [0.2, 0.25) is 0 Å². The van der Waals surface area contributed by atoms with Gasteiger partial charge in [0.1, 0.15) is 12.5 Å². The molecule has 220 valence electrons. The van der Waals surface area contributed by atoms with E-state index in [1.807, 2.05) is 0 Å². The number of allylic oxidation sites excluding steroid dienone is 1. The Morgan fingerprint density at radius 1 is 0.744 bits per heavy atom. The maximum atomic E-state index is 10.7. The summed E-state index contributed by atoms with van der Waals surface area (Å²) >= 11 is 0. The number of nitrogens with zero attached hydrogens (tertiary/aromatic N) is 4. The van der Waals surface area contributed by atoms with Crippen LogP contribution in [-0.4, -0.2) is 77.7 Å². The van der Waals surface area contributed by atoms with Crippen LogP contribution in [-0.2, 0) is 15.6 Å². The Balaban J connectivity index is 1.16. The van der Waals surface area contributed by atoms with Gasteiger partial charge >= 0.3 is 0 Å². The van der Waals surface area contributed by atoms with Gasteiger partial charge in [0.05, 0.1) is 18.3 Å². The Morgan fingerprint density at radius 3 is 1.79 bits per heavy atom. The molecule has 10 aliphatic rings. The average Bonchev–Trinajstić information content (AvgIpc) is 3.80. The summed E-state index contributed by atoms with van der Waals surface area (Å²) in [6, 6.07) is 21.0. The van der Waals surface area contributed by atoms with Crippen molar-refractivity contribution in [3.63, 3.8) is 0 Å². The Kier molecular flexibility index (Phi) is 4.03. The van der Waals surface area contributed by atoms with Gasteiger partial charge in [-0.05, 0) is 86.4 Å². The summed E-state index contributed by atoms with van der Waals surface area (Å²) in [6.07, 6.45) is 8.95. The first kappa shape index (κ1) is 23.6. The summed E-state index contributed by atoms with van der Waals surface area (Å²) < 4.78 is 7.70. The third kappa shape index (κ3) is 2.25. The molecule has 6 saturated heterocycles. The summed E-state index contributed by atoms with van der Waals surface area (Å²) in [5.74, 6) is 1.66. The minimum Gasteiger partial charge on any atom is -0.516 e. The molecule has 6 heteroatoms. The Morgan fingerprint density at radius 2 is 1.26 bits per heavy atom. The molecule has 6 bridgehead atoms. The molecule has 8 fully saturated rings. The third-order valence-electron chi connectivity index (χ3n) is 15.1. The van der Waals surface area contributed by atoms with Gasteiger partial charge in [-0.2, -0.15) is 0 Å². The van der Waals surface area contributed by atoms with E-state index in [1.54, 1.807) is 16.7 Å². The van der Waals surface area contributed by atoms with Crippen molar-refractivity contribution in [2.75, 3.05) is 36.0 Å². The lowest BCUT2D eigenvalue weighted by atomic mass is 9.51. The molecule has 12 unspecified atom stereocenters. The molecule has 8 aliphatic heterocycles. The largest absolute Gasteiger partial charge is 0.516 e. The molecule has 0 radical (unpaired) electrons. The summed E-state index contributed by atoms with van der Waals surface area (Å²) in [6.45, 7) is 6.66. The summed E-state index contributed by atoms with van der Waals surface area (Å²) in [5.41, 5.74) is 9.31. The number of aliphatic hydroxyl groups is 1. The van der Waals surface area contributed by atoms with E-state index < -0.39 is 0 Å². The molecule has 12 rings (SSSR count). The van der Waals surface area contributed by atoms with Crippen molar-refractivity contribution in [2.24, 2.45) is 23.7 Å². The van der Waals surface area contributed by atoms with Gasteiger partial charge in [-0.25, -0.2) is 0 Å². The molecular formula is C37H40N4O2. The van der Waals surface area contributed by atoms with Crippen molar-refractivity contribution in [3.8, 4) is 0 Å².